The van der Waals surface area contributed by atoms with Gasteiger partial charge >= 0.3 is 0 Å². The number of piperidine rings is 1. The van der Waals surface area contributed by atoms with Crippen LogP contribution in [0.1, 0.15) is 17.5 Å². The van der Waals surface area contributed by atoms with E-state index in [1.807, 2.05) is 30.7 Å². The molecule has 256 valence electrons. The van der Waals surface area contributed by atoms with Crippen LogP contribution in [0, 0.1) is 11.3 Å². The van der Waals surface area contributed by atoms with E-state index in [-0.39, 0.29) is 62.0 Å². The predicted octanol–water partition coefficient (Wildman–Crippen LogP) is 4.53. The Morgan fingerprint density at radius 1 is 0.915 bits per heavy atom. The Balaban J connectivity index is 0.00000154. The van der Waals surface area contributed by atoms with Crippen LogP contribution in [-0.2, 0) is 6.54 Å². The van der Waals surface area contributed by atoms with Crippen LogP contribution in [0.3, 0.4) is 0 Å². The van der Waals surface area contributed by atoms with Crippen LogP contribution in [0.5, 0.6) is 11.6 Å². The molecule has 0 aromatic carbocycles. The number of nitrogens with one attached hydrogen (secondary N) is 1. The molecule has 0 radical (unpaired) electrons. The van der Waals surface area contributed by atoms with Crippen LogP contribution in [0.25, 0.3) is 16.6 Å². The Kier molecular flexibility index (Phi) is 15.6. The summed E-state index contributed by atoms with van der Waals surface area (Å²) in [5.41, 5.74) is 4.30. The van der Waals surface area contributed by atoms with Gasteiger partial charge in [-0.25, -0.2) is 14.5 Å². The largest absolute Gasteiger partial charge is 0.491 e. The highest BCUT2D eigenvalue weighted by molar-refractivity contribution is 5.86. The minimum absolute atomic E-state index is 0. The second kappa shape index (κ2) is 18.1. The number of nitrogens with zero attached hydrogens (tertiary/aromatic N) is 8. The van der Waals surface area contributed by atoms with Gasteiger partial charge in [0.05, 0.1) is 30.6 Å². The molecule has 8 rings (SSSR count). The van der Waals surface area contributed by atoms with E-state index in [4.69, 9.17) is 14.5 Å². The zero-order valence-corrected chi connectivity index (χ0v) is 29.9. The van der Waals surface area contributed by atoms with E-state index in [0.717, 1.165) is 80.6 Å². The molecule has 4 aromatic rings. The first-order valence-electron chi connectivity index (χ1n) is 14.6. The van der Waals surface area contributed by atoms with Crippen molar-refractivity contribution in [1.82, 2.24) is 34.7 Å². The number of piperazine rings is 2. The second-order valence-corrected chi connectivity index (χ2v) is 11.3. The molecule has 4 aromatic heterocycles. The van der Waals surface area contributed by atoms with Crippen LogP contribution < -0.4 is 19.7 Å². The smallest absolute Gasteiger partial charge is 0.212 e. The maximum atomic E-state index is 9.75. The van der Waals surface area contributed by atoms with Gasteiger partial charge < -0.3 is 19.7 Å². The molecule has 4 aliphatic heterocycles. The first-order valence-corrected chi connectivity index (χ1v) is 14.6. The Hall–Kier alpha value is -2.79. The van der Waals surface area contributed by atoms with Gasteiger partial charge in [0.25, 0.3) is 0 Å². The molecule has 0 saturated carbocycles. The number of hydrogen-bond acceptors (Lipinski definition) is 10. The topological polar surface area (TPSA) is 107 Å². The summed E-state index contributed by atoms with van der Waals surface area (Å²) in [4.78, 5) is 16.4. The normalized spacial score (nSPS) is 18.5. The van der Waals surface area contributed by atoms with E-state index in [1.165, 1.54) is 12.0 Å². The van der Waals surface area contributed by atoms with Gasteiger partial charge in [0.15, 0.2) is 0 Å². The SMILES string of the molecule is COc1ccc(CN2CCN(c3ccc(-c4cc(OCCN5CC6CC(C5)N6)cn5ncc(C#N)c45)cn3)CC2)cn1.Cl.Cl.Cl.Cl.Cl. The van der Waals surface area contributed by atoms with Gasteiger partial charge in [-0.1, -0.05) is 6.07 Å². The van der Waals surface area contributed by atoms with Gasteiger partial charge in [-0.15, -0.1) is 62.0 Å². The lowest BCUT2D eigenvalue weighted by molar-refractivity contribution is 0.0673. The molecule has 2 atom stereocenters. The van der Waals surface area contributed by atoms with E-state index in [0.29, 0.717) is 30.1 Å². The maximum absolute atomic E-state index is 9.75. The van der Waals surface area contributed by atoms with Crippen molar-refractivity contribution in [3.05, 3.63) is 66.2 Å². The highest BCUT2D eigenvalue weighted by atomic mass is 35.5. The number of ether oxygens (including phenoxy) is 2. The van der Waals surface area contributed by atoms with E-state index in [2.05, 4.69) is 54.4 Å². The fourth-order valence-corrected chi connectivity index (χ4v) is 6.31. The van der Waals surface area contributed by atoms with Gasteiger partial charge in [0.2, 0.25) is 5.88 Å². The van der Waals surface area contributed by atoms with Gasteiger partial charge in [-0.3, -0.25) is 9.80 Å². The molecule has 1 N–H and O–H groups in total. The van der Waals surface area contributed by atoms with Crippen molar-refractivity contribution in [2.24, 2.45) is 0 Å². The highest BCUT2D eigenvalue weighted by Gasteiger charge is 2.36. The lowest BCUT2D eigenvalue weighted by Crippen LogP contribution is -2.67. The highest BCUT2D eigenvalue weighted by Crippen LogP contribution is 2.31. The van der Waals surface area contributed by atoms with Crippen LogP contribution >= 0.6 is 62.0 Å². The molecule has 4 saturated heterocycles. The standard InChI is InChI=1S/C31H35N9O2.5ClH/c1-41-30-5-2-22(15-34-30)18-37-6-8-39(9-7-37)29-4-3-23(16-33-29)28-13-27(21-40-31(28)24(14-32)17-35-40)42-11-10-38-19-25-12-26(20-38)36-25;;;;;/h2-5,13,15-17,21,25-26,36H,6-12,18-20H2,1H3;5*1H. The van der Waals surface area contributed by atoms with Crippen LogP contribution in [0.2, 0.25) is 0 Å². The molecule has 0 amide bonds. The number of rotatable bonds is 9. The first kappa shape index (κ1) is 40.4. The minimum atomic E-state index is 0. The third kappa shape index (κ3) is 9.02. The van der Waals surface area contributed by atoms with Crippen molar-refractivity contribution in [1.29, 1.82) is 5.26 Å². The summed E-state index contributed by atoms with van der Waals surface area (Å²) in [5, 5.41) is 17.8. The molecule has 2 unspecified atom stereocenters. The Morgan fingerprint density at radius 3 is 2.28 bits per heavy atom. The number of fused-ring (bicyclic) bond motifs is 3. The second-order valence-electron chi connectivity index (χ2n) is 11.3. The summed E-state index contributed by atoms with van der Waals surface area (Å²) in [7, 11) is 1.63. The Morgan fingerprint density at radius 2 is 1.66 bits per heavy atom. The van der Waals surface area contributed by atoms with Crippen molar-refractivity contribution >= 4 is 73.4 Å². The van der Waals surface area contributed by atoms with Crippen LogP contribution in [-0.4, -0.2) is 101 Å². The molecule has 16 heteroatoms. The predicted molar refractivity (Wildman–Crippen MR) is 195 cm³/mol. The number of halogens is 5. The fraction of sp³-hybridized carbons (Fsp3) is 0.419. The summed E-state index contributed by atoms with van der Waals surface area (Å²) >= 11 is 0. The van der Waals surface area contributed by atoms with Crippen molar-refractivity contribution in [2.45, 2.75) is 25.0 Å². The molecular weight excluding hydrogens is 708 g/mol. The monoisotopic (exact) mass is 745 g/mol. The first-order chi connectivity index (χ1) is 20.6. The van der Waals surface area contributed by atoms with Crippen molar-refractivity contribution < 1.29 is 9.47 Å². The molecule has 47 heavy (non-hydrogen) atoms. The zero-order chi connectivity index (χ0) is 28.5. The lowest BCUT2D eigenvalue weighted by atomic mass is 9.91. The Bertz CT molecular complexity index is 1580. The zero-order valence-electron chi connectivity index (χ0n) is 25.9. The molecule has 8 heterocycles. The molecule has 4 fully saturated rings. The lowest BCUT2D eigenvalue weighted by Gasteiger charge is -2.48. The number of nitriles is 1. The molecule has 2 bridgehead atoms. The molecule has 0 aliphatic carbocycles. The van der Waals surface area contributed by atoms with Crippen molar-refractivity contribution in [3.8, 4) is 28.8 Å². The molecule has 4 aliphatic rings. The third-order valence-electron chi connectivity index (χ3n) is 8.55. The number of pyridine rings is 3. The summed E-state index contributed by atoms with van der Waals surface area (Å²) < 4.78 is 13.1. The minimum Gasteiger partial charge on any atom is -0.491 e. The molecular formula is C31H40Cl5N9O2. The van der Waals surface area contributed by atoms with Gasteiger partial charge in [0, 0.05) is 94.0 Å². The quantitative estimate of drug-likeness (QED) is 0.263. The summed E-state index contributed by atoms with van der Waals surface area (Å²) in [6, 6.07) is 13.7. The number of anilines is 1. The fourth-order valence-electron chi connectivity index (χ4n) is 6.31. The summed E-state index contributed by atoms with van der Waals surface area (Å²) in [5.74, 6) is 2.32. The van der Waals surface area contributed by atoms with Crippen LogP contribution in [0.15, 0.2) is 55.1 Å². The summed E-state index contributed by atoms with van der Waals surface area (Å²) in [6.07, 6.45) is 8.54. The number of aromatic nitrogens is 4. The average Bonchev–Trinajstić information content (AvgIpc) is 3.44. The summed E-state index contributed by atoms with van der Waals surface area (Å²) in [6.45, 7) is 8.25. The van der Waals surface area contributed by atoms with E-state index in [1.54, 1.807) is 17.8 Å². The number of methoxy groups -OCH3 is 1. The molecule has 0 spiro atoms. The van der Waals surface area contributed by atoms with Crippen LogP contribution in [0.4, 0.5) is 5.82 Å². The maximum Gasteiger partial charge on any atom is 0.212 e. The molecule has 11 nitrogen and oxygen atoms in total. The van der Waals surface area contributed by atoms with Crippen molar-refractivity contribution in [2.75, 3.05) is 64.4 Å². The van der Waals surface area contributed by atoms with Gasteiger partial charge in [-0.2, -0.15) is 10.4 Å². The van der Waals surface area contributed by atoms with Crippen molar-refractivity contribution in [3.63, 3.8) is 0 Å². The third-order valence-corrected chi connectivity index (χ3v) is 8.55. The Labute approximate surface area is 306 Å². The average molecular weight is 748 g/mol. The number of hydrogen-bond donors (Lipinski definition) is 1. The van der Waals surface area contributed by atoms with E-state index < -0.39 is 0 Å². The van der Waals surface area contributed by atoms with Gasteiger partial charge in [-0.05, 0) is 30.2 Å². The van der Waals surface area contributed by atoms with Gasteiger partial charge in [0.1, 0.15) is 24.2 Å². The van der Waals surface area contributed by atoms with E-state index >= 15 is 0 Å². The van der Waals surface area contributed by atoms with E-state index in [9.17, 15) is 5.26 Å².